The molecule has 1 unspecified atom stereocenters. The monoisotopic (exact) mass is 243 g/mol. The second kappa shape index (κ2) is 8.02. The van der Waals surface area contributed by atoms with Crippen molar-refractivity contribution >= 4 is 7.28 Å². The van der Waals surface area contributed by atoms with Crippen molar-refractivity contribution in [3.05, 3.63) is 48.2 Å². The average molecular weight is 243 g/mol. The predicted molar refractivity (Wildman–Crippen MR) is 84.3 cm³/mol. The van der Waals surface area contributed by atoms with E-state index in [1.54, 1.807) is 0 Å². The van der Waals surface area contributed by atoms with E-state index in [1.165, 1.54) is 25.5 Å². The lowest BCUT2D eigenvalue weighted by Crippen LogP contribution is -2.27. The van der Waals surface area contributed by atoms with E-state index < -0.39 is 0 Å². The van der Waals surface area contributed by atoms with Crippen molar-refractivity contribution < 1.29 is 0 Å². The van der Waals surface area contributed by atoms with Gasteiger partial charge in [-0.2, -0.15) is 0 Å². The zero-order valence-electron chi connectivity index (χ0n) is 12.3. The molecule has 0 amide bonds. The smallest absolute Gasteiger partial charge is 0.128 e. The van der Waals surface area contributed by atoms with E-state index in [4.69, 9.17) is 0 Å². The van der Waals surface area contributed by atoms with Crippen LogP contribution in [0.2, 0.25) is 12.6 Å². The molecule has 1 nitrogen and oxygen atoms in total. The van der Waals surface area contributed by atoms with Gasteiger partial charge in [0, 0.05) is 13.1 Å². The molecule has 1 rings (SSSR count). The number of allylic oxidation sites excluding steroid dienone is 6. The topological polar surface area (TPSA) is 3.24 Å². The molecule has 0 saturated heterocycles. The van der Waals surface area contributed by atoms with Crippen LogP contribution in [0.5, 0.6) is 0 Å². The highest BCUT2D eigenvalue weighted by atomic mass is 15.1. The molecule has 0 bridgehead atoms. The first kappa shape index (κ1) is 14.9. The Labute approximate surface area is 113 Å². The molecule has 98 valence electrons. The fourth-order valence-corrected chi connectivity index (χ4v) is 2.04. The van der Waals surface area contributed by atoms with Gasteiger partial charge in [-0.1, -0.05) is 62.4 Å². The first-order chi connectivity index (χ1) is 8.59. The minimum Gasteiger partial charge on any atom is -0.375 e. The standard InChI is InChI=1S/C16H26BN/c1-14(2)8-7-9-15(3)12-17-13-16-10-5-6-11-18(16)4/h5-11,14,16-17H,12-13H2,1-4H3/b8-7-,15-9+. The number of hydrogen-bond donors (Lipinski definition) is 0. The quantitative estimate of drug-likeness (QED) is 0.506. The van der Waals surface area contributed by atoms with E-state index >= 15 is 0 Å². The maximum absolute atomic E-state index is 2.29. The minimum absolute atomic E-state index is 0.578. The van der Waals surface area contributed by atoms with Crippen molar-refractivity contribution in [1.82, 2.24) is 4.90 Å². The lowest BCUT2D eigenvalue weighted by molar-refractivity contribution is 0.402. The molecule has 2 heteroatoms. The van der Waals surface area contributed by atoms with Gasteiger partial charge in [-0.3, -0.25) is 0 Å². The maximum atomic E-state index is 2.29. The molecule has 0 aliphatic carbocycles. The Balaban J connectivity index is 2.25. The van der Waals surface area contributed by atoms with Crippen LogP contribution < -0.4 is 0 Å². The summed E-state index contributed by atoms with van der Waals surface area (Å²) in [4.78, 5) is 2.29. The van der Waals surface area contributed by atoms with Crippen molar-refractivity contribution in [3.8, 4) is 0 Å². The molecule has 0 radical (unpaired) electrons. The van der Waals surface area contributed by atoms with Gasteiger partial charge in [0.15, 0.2) is 0 Å². The number of likely N-dealkylation sites (N-methyl/N-ethyl adjacent to an activating group) is 1. The Morgan fingerprint density at radius 1 is 1.39 bits per heavy atom. The van der Waals surface area contributed by atoms with Crippen molar-refractivity contribution in [1.29, 1.82) is 0 Å². The van der Waals surface area contributed by atoms with E-state index in [-0.39, 0.29) is 0 Å². The van der Waals surface area contributed by atoms with Crippen molar-refractivity contribution in [2.45, 2.75) is 39.5 Å². The summed E-state index contributed by atoms with van der Waals surface area (Å²) in [5.74, 6) is 0.641. The Kier molecular flexibility index (Phi) is 6.63. The van der Waals surface area contributed by atoms with Crippen LogP contribution in [0.25, 0.3) is 0 Å². The van der Waals surface area contributed by atoms with Crippen LogP contribution in [-0.4, -0.2) is 25.3 Å². The van der Waals surface area contributed by atoms with Gasteiger partial charge in [0.2, 0.25) is 0 Å². The van der Waals surface area contributed by atoms with Gasteiger partial charge in [0.05, 0.1) is 0 Å². The van der Waals surface area contributed by atoms with Gasteiger partial charge >= 0.3 is 0 Å². The molecule has 1 heterocycles. The van der Waals surface area contributed by atoms with E-state index in [2.05, 4.69) is 75.4 Å². The molecule has 0 spiro atoms. The summed E-state index contributed by atoms with van der Waals surface area (Å²) in [5, 5.41) is 0. The lowest BCUT2D eigenvalue weighted by atomic mass is 9.66. The van der Waals surface area contributed by atoms with Crippen LogP contribution in [0.4, 0.5) is 0 Å². The fraction of sp³-hybridized carbons (Fsp3) is 0.500. The molecule has 0 N–H and O–H groups in total. The molecule has 1 atom stereocenters. The molecule has 1 aliphatic rings. The average Bonchev–Trinajstić information content (AvgIpc) is 2.31. The zero-order chi connectivity index (χ0) is 13.4. The van der Waals surface area contributed by atoms with Crippen molar-refractivity contribution in [2.75, 3.05) is 7.05 Å². The van der Waals surface area contributed by atoms with E-state index in [1.807, 2.05) is 0 Å². The molecule has 0 saturated carbocycles. The van der Waals surface area contributed by atoms with Crippen LogP contribution in [0.3, 0.4) is 0 Å². The van der Waals surface area contributed by atoms with Crippen molar-refractivity contribution in [2.24, 2.45) is 5.92 Å². The van der Waals surface area contributed by atoms with Gasteiger partial charge in [-0.05, 0) is 25.1 Å². The van der Waals surface area contributed by atoms with Crippen LogP contribution in [-0.2, 0) is 0 Å². The van der Waals surface area contributed by atoms with Crippen LogP contribution >= 0.6 is 0 Å². The second-order valence-corrected chi connectivity index (χ2v) is 5.49. The Bertz CT molecular complexity index is 350. The summed E-state index contributed by atoms with van der Waals surface area (Å²) in [6.45, 7) is 6.64. The molecular formula is C16H26BN. The lowest BCUT2D eigenvalue weighted by Gasteiger charge is -2.25. The first-order valence-electron chi connectivity index (χ1n) is 7.00. The third-order valence-corrected chi connectivity index (χ3v) is 3.24. The third-order valence-electron chi connectivity index (χ3n) is 3.24. The largest absolute Gasteiger partial charge is 0.375 e. The Morgan fingerprint density at radius 2 is 2.17 bits per heavy atom. The molecule has 0 aromatic heterocycles. The van der Waals surface area contributed by atoms with E-state index in [0.717, 1.165) is 0 Å². The SMILES string of the molecule is C/C(=C\C=C/C(C)C)CBCC1C=CC=CN1C. The third kappa shape index (κ3) is 5.95. The fourth-order valence-electron chi connectivity index (χ4n) is 2.04. The summed E-state index contributed by atoms with van der Waals surface area (Å²) in [7, 11) is 3.41. The summed E-state index contributed by atoms with van der Waals surface area (Å²) < 4.78 is 0. The van der Waals surface area contributed by atoms with E-state index in [9.17, 15) is 0 Å². The van der Waals surface area contributed by atoms with Crippen molar-refractivity contribution in [3.63, 3.8) is 0 Å². The summed E-state index contributed by atoms with van der Waals surface area (Å²) >= 11 is 0. The van der Waals surface area contributed by atoms with Crippen LogP contribution in [0.1, 0.15) is 20.8 Å². The first-order valence-corrected chi connectivity index (χ1v) is 7.00. The number of nitrogens with zero attached hydrogens (tertiary/aromatic N) is 1. The molecule has 0 aromatic rings. The molecule has 0 fully saturated rings. The van der Waals surface area contributed by atoms with E-state index in [0.29, 0.717) is 12.0 Å². The van der Waals surface area contributed by atoms with Crippen LogP contribution in [0.15, 0.2) is 48.2 Å². The molecule has 18 heavy (non-hydrogen) atoms. The Morgan fingerprint density at radius 3 is 2.83 bits per heavy atom. The van der Waals surface area contributed by atoms with Gasteiger partial charge in [-0.25, -0.2) is 0 Å². The Hall–Kier alpha value is -1.18. The minimum atomic E-state index is 0.578. The highest BCUT2D eigenvalue weighted by molar-refractivity contribution is 6.36. The molecular weight excluding hydrogens is 217 g/mol. The van der Waals surface area contributed by atoms with Gasteiger partial charge in [0.1, 0.15) is 7.28 Å². The highest BCUT2D eigenvalue weighted by Gasteiger charge is 2.10. The van der Waals surface area contributed by atoms with Gasteiger partial charge in [-0.15, -0.1) is 0 Å². The predicted octanol–water partition coefficient (Wildman–Crippen LogP) is 3.80. The summed E-state index contributed by atoms with van der Waals surface area (Å²) in [6, 6.07) is 0.578. The van der Waals surface area contributed by atoms with Crippen LogP contribution in [0, 0.1) is 5.92 Å². The maximum Gasteiger partial charge on any atom is 0.128 e. The summed E-state index contributed by atoms with van der Waals surface area (Å²) in [5.41, 5.74) is 1.48. The number of hydrogen-bond acceptors (Lipinski definition) is 1. The molecule has 1 aliphatic heterocycles. The zero-order valence-corrected chi connectivity index (χ0v) is 12.3. The number of rotatable bonds is 6. The second-order valence-electron chi connectivity index (χ2n) is 5.49. The van der Waals surface area contributed by atoms with Gasteiger partial charge in [0.25, 0.3) is 0 Å². The van der Waals surface area contributed by atoms with Gasteiger partial charge < -0.3 is 4.90 Å². The highest BCUT2D eigenvalue weighted by Crippen LogP contribution is 2.12. The summed E-state index contributed by atoms with van der Waals surface area (Å²) in [6.07, 6.45) is 17.8. The normalized spacial score (nSPS) is 20.2. The molecule has 0 aromatic carbocycles.